The van der Waals surface area contributed by atoms with E-state index in [4.69, 9.17) is 10.4 Å². The topological polar surface area (TPSA) is 64.3 Å². The number of carbonyl (C=O) groups is 1. The lowest BCUT2D eigenvalue weighted by Gasteiger charge is -2.31. The average Bonchev–Trinajstić information content (AvgIpc) is 2.30. The third-order valence-corrected chi connectivity index (χ3v) is 3.08. The summed E-state index contributed by atoms with van der Waals surface area (Å²) < 4.78 is 13.0. The Morgan fingerprint density at radius 3 is 2.67 bits per heavy atom. The number of aliphatic carboxylic acids is 1. The number of nitrogens with zero attached hydrogens (tertiary/aromatic N) is 2. The minimum absolute atomic E-state index is 0.225. The van der Waals surface area contributed by atoms with Crippen LogP contribution in [-0.2, 0) is 11.3 Å². The maximum absolute atomic E-state index is 13.0. The highest BCUT2D eigenvalue weighted by Gasteiger charge is 2.32. The van der Waals surface area contributed by atoms with E-state index in [9.17, 15) is 9.18 Å². The Labute approximate surface area is 105 Å². The van der Waals surface area contributed by atoms with E-state index in [1.165, 1.54) is 12.1 Å². The Balaban J connectivity index is 2.99. The van der Waals surface area contributed by atoms with Crippen LogP contribution in [0, 0.1) is 17.1 Å². The zero-order valence-corrected chi connectivity index (χ0v) is 10.6. The number of carboxylic acid groups (broad SMARTS) is 1. The smallest absolute Gasteiger partial charge is 0.323 e. The van der Waals surface area contributed by atoms with Crippen LogP contribution in [-0.4, -0.2) is 28.6 Å². The fourth-order valence-electron chi connectivity index (χ4n) is 1.41. The molecule has 0 atom stereocenters. The minimum atomic E-state index is -1.05. The van der Waals surface area contributed by atoms with Gasteiger partial charge >= 0.3 is 5.97 Å². The number of hydrogen-bond donors (Lipinski definition) is 1. The Hall–Kier alpha value is -1.93. The van der Waals surface area contributed by atoms with Gasteiger partial charge in [-0.3, -0.25) is 9.69 Å². The molecule has 0 fully saturated rings. The van der Waals surface area contributed by atoms with Crippen LogP contribution < -0.4 is 0 Å². The summed E-state index contributed by atoms with van der Waals surface area (Å²) in [5, 5.41) is 18.0. The zero-order valence-electron chi connectivity index (χ0n) is 10.6. The van der Waals surface area contributed by atoms with Crippen LogP contribution in [0.25, 0.3) is 0 Å². The molecule has 0 heterocycles. The molecule has 0 unspecified atom stereocenters. The Morgan fingerprint density at radius 1 is 1.56 bits per heavy atom. The van der Waals surface area contributed by atoms with Gasteiger partial charge in [-0.05, 0) is 38.6 Å². The summed E-state index contributed by atoms with van der Waals surface area (Å²) in [5.41, 5.74) is -0.222. The third kappa shape index (κ3) is 2.84. The molecule has 1 aromatic rings. The molecule has 0 spiro atoms. The molecule has 18 heavy (non-hydrogen) atoms. The van der Waals surface area contributed by atoms with E-state index in [0.717, 1.165) is 6.07 Å². The van der Waals surface area contributed by atoms with Crippen molar-refractivity contribution < 1.29 is 14.3 Å². The predicted molar refractivity (Wildman–Crippen MR) is 64.3 cm³/mol. The highest BCUT2D eigenvalue weighted by molar-refractivity contribution is 5.77. The van der Waals surface area contributed by atoms with Gasteiger partial charge in [-0.1, -0.05) is 6.07 Å². The molecular weight excluding hydrogens is 235 g/mol. The highest BCUT2D eigenvalue weighted by Crippen LogP contribution is 2.18. The number of halogens is 1. The zero-order chi connectivity index (χ0) is 13.9. The lowest BCUT2D eigenvalue weighted by molar-refractivity contribution is -0.148. The number of hydrogen-bond acceptors (Lipinski definition) is 3. The summed E-state index contributed by atoms with van der Waals surface area (Å²) in [6.07, 6.45) is 0. The van der Waals surface area contributed by atoms with Gasteiger partial charge in [-0.2, -0.15) is 5.26 Å². The first-order valence-electron chi connectivity index (χ1n) is 5.42. The summed E-state index contributed by atoms with van der Waals surface area (Å²) in [7, 11) is 1.65. The van der Waals surface area contributed by atoms with Crippen LogP contribution in [0.5, 0.6) is 0 Å². The van der Waals surface area contributed by atoms with Crippen LogP contribution in [0.4, 0.5) is 4.39 Å². The van der Waals surface area contributed by atoms with Crippen molar-refractivity contribution in [2.45, 2.75) is 25.9 Å². The molecule has 0 saturated carbocycles. The van der Waals surface area contributed by atoms with Crippen molar-refractivity contribution in [1.82, 2.24) is 4.90 Å². The fraction of sp³-hybridized carbons (Fsp3) is 0.385. The molecule has 0 bridgehead atoms. The molecule has 1 aromatic carbocycles. The molecule has 5 heteroatoms. The van der Waals surface area contributed by atoms with E-state index in [0.29, 0.717) is 5.56 Å². The first kappa shape index (κ1) is 14.1. The van der Waals surface area contributed by atoms with E-state index < -0.39 is 17.3 Å². The molecule has 0 aliphatic heterocycles. The molecule has 1 N–H and O–H groups in total. The summed E-state index contributed by atoms with van der Waals surface area (Å²) in [6, 6.07) is 5.82. The van der Waals surface area contributed by atoms with Gasteiger partial charge in [0.1, 0.15) is 11.4 Å². The van der Waals surface area contributed by atoms with Gasteiger partial charge in [-0.15, -0.1) is 0 Å². The summed E-state index contributed by atoms with van der Waals surface area (Å²) in [4.78, 5) is 12.7. The molecule has 4 nitrogen and oxygen atoms in total. The fourth-order valence-corrected chi connectivity index (χ4v) is 1.41. The average molecular weight is 250 g/mol. The lowest BCUT2D eigenvalue weighted by atomic mass is 10.0. The molecule has 0 radical (unpaired) electrons. The van der Waals surface area contributed by atoms with Crippen LogP contribution in [0.15, 0.2) is 18.2 Å². The molecular formula is C13H15FN2O2. The lowest BCUT2D eigenvalue weighted by Crippen LogP contribution is -2.47. The van der Waals surface area contributed by atoms with Crippen molar-refractivity contribution in [1.29, 1.82) is 5.26 Å². The van der Waals surface area contributed by atoms with Crippen molar-refractivity contribution in [2.24, 2.45) is 0 Å². The van der Waals surface area contributed by atoms with Crippen LogP contribution in [0.3, 0.4) is 0 Å². The van der Waals surface area contributed by atoms with Gasteiger partial charge < -0.3 is 5.11 Å². The summed E-state index contributed by atoms with van der Waals surface area (Å²) in [5.74, 6) is -1.43. The van der Waals surface area contributed by atoms with Gasteiger partial charge in [0.2, 0.25) is 0 Å². The molecule has 0 saturated heterocycles. The van der Waals surface area contributed by atoms with E-state index in [2.05, 4.69) is 0 Å². The predicted octanol–water partition coefficient (Wildman–Crippen LogP) is 1.99. The molecule has 0 aromatic heterocycles. The highest BCUT2D eigenvalue weighted by atomic mass is 19.1. The van der Waals surface area contributed by atoms with Gasteiger partial charge in [0, 0.05) is 6.54 Å². The molecule has 0 aliphatic carbocycles. The number of carboxylic acids is 1. The van der Waals surface area contributed by atoms with E-state index in [1.807, 2.05) is 6.07 Å². The van der Waals surface area contributed by atoms with E-state index in [1.54, 1.807) is 25.8 Å². The van der Waals surface area contributed by atoms with Crippen LogP contribution in [0.1, 0.15) is 25.0 Å². The van der Waals surface area contributed by atoms with Gasteiger partial charge in [-0.25, -0.2) is 4.39 Å². The largest absolute Gasteiger partial charge is 0.480 e. The monoisotopic (exact) mass is 250 g/mol. The second-order valence-corrected chi connectivity index (χ2v) is 4.63. The Kier molecular flexibility index (Phi) is 4.04. The van der Waals surface area contributed by atoms with Crippen LogP contribution >= 0.6 is 0 Å². The van der Waals surface area contributed by atoms with Crippen molar-refractivity contribution >= 4 is 5.97 Å². The standard InChI is InChI=1S/C13H15FN2O2/c1-13(2,12(17)18)16(3)8-9-4-5-11(14)6-10(9)7-15/h4-6H,8H2,1-3H3,(H,17,18). The maximum atomic E-state index is 13.0. The SMILES string of the molecule is CN(Cc1ccc(F)cc1C#N)C(C)(C)C(=O)O. The Bertz CT molecular complexity index is 506. The van der Waals surface area contributed by atoms with Crippen molar-refractivity contribution in [3.63, 3.8) is 0 Å². The summed E-state index contributed by atoms with van der Waals surface area (Å²) in [6.45, 7) is 3.41. The number of benzene rings is 1. The van der Waals surface area contributed by atoms with E-state index >= 15 is 0 Å². The number of rotatable bonds is 4. The van der Waals surface area contributed by atoms with Crippen molar-refractivity contribution in [2.75, 3.05) is 7.05 Å². The first-order valence-corrected chi connectivity index (χ1v) is 5.42. The molecule has 96 valence electrons. The van der Waals surface area contributed by atoms with Gasteiger partial charge in [0.05, 0.1) is 11.6 Å². The number of nitriles is 1. The molecule has 1 rings (SSSR count). The van der Waals surface area contributed by atoms with Crippen molar-refractivity contribution in [3.8, 4) is 6.07 Å². The minimum Gasteiger partial charge on any atom is -0.480 e. The Morgan fingerprint density at radius 2 is 2.17 bits per heavy atom. The summed E-state index contributed by atoms with van der Waals surface area (Å²) >= 11 is 0. The second-order valence-electron chi connectivity index (χ2n) is 4.63. The second kappa shape index (κ2) is 5.15. The van der Waals surface area contributed by atoms with E-state index in [-0.39, 0.29) is 12.1 Å². The normalized spacial score (nSPS) is 11.3. The van der Waals surface area contributed by atoms with Gasteiger partial charge in [0.25, 0.3) is 0 Å². The maximum Gasteiger partial charge on any atom is 0.323 e. The molecule has 0 aliphatic rings. The van der Waals surface area contributed by atoms with Gasteiger partial charge in [0.15, 0.2) is 0 Å². The van der Waals surface area contributed by atoms with Crippen LogP contribution in [0.2, 0.25) is 0 Å². The molecule has 0 amide bonds. The quantitative estimate of drug-likeness (QED) is 0.887. The number of likely N-dealkylation sites (N-methyl/N-ethyl adjacent to an activating group) is 1. The van der Waals surface area contributed by atoms with Crippen molar-refractivity contribution in [3.05, 3.63) is 35.1 Å². The third-order valence-electron chi connectivity index (χ3n) is 3.08. The first-order chi connectivity index (χ1) is 8.28.